The number of hydrogen-bond donors (Lipinski definition) is 1. The molecule has 1 aromatic carbocycles. The fourth-order valence-corrected chi connectivity index (χ4v) is 1.42. The van der Waals surface area contributed by atoms with Crippen LogP contribution in [0.2, 0.25) is 0 Å². The quantitative estimate of drug-likeness (QED) is 0.851. The highest BCUT2D eigenvalue weighted by atomic mass is 19.1. The van der Waals surface area contributed by atoms with Gasteiger partial charge < -0.3 is 10.1 Å². The summed E-state index contributed by atoms with van der Waals surface area (Å²) in [4.78, 5) is 11.3. The molecule has 1 N–H and O–H groups in total. The zero-order valence-electron chi connectivity index (χ0n) is 11.9. The second kappa shape index (κ2) is 7.03. The number of halogens is 2. The van der Waals surface area contributed by atoms with Crippen LogP contribution in [-0.2, 0) is 4.74 Å². The van der Waals surface area contributed by atoms with Crippen molar-refractivity contribution >= 4 is 12.2 Å². The molecule has 5 heteroatoms. The molecular weight excluding hydrogens is 264 g/mol. The van der Waals surface area contributed by atoms with E-state index in [2.05, 4.69) is 5.32 Å². The molecule has 0 saturated heterocycles. The third-order valence-electron chi connectivity index (χ3n) is 2.24. The van der Waals surface area contributed by atoms with E-state index in [0.29, 0.717) is 18.5 Å². The predicted molar refractivity (Wildman–Crippen MR) is 74.2 cm³/mol. The minimum absolute atomic E-state index is 0.309. The van der Waals surface area contributed by atoms with E-state index >= 15 is 0 Å². The average molecular weight is 283 g/mol. The minimum Gasteiger partial charge on any atom is -0.444 e. The van der Waals surface area contributed by atoms with Gasteiger partial charge in [0, 0.05) is 18.2 Å². The molecule has 0 fully saturated rings. The predicted octanol–water partition coefficient (Wildman–Crippen LogP) is 3.89. The van der Waals surface area contributed by atoms with Gasteiger partial charge in [-0.15, -0.1) is 0 Å². The van der Waals surface area contributed by atoms with Crippen molar-refractivity contribution in [2.45, 2.75) is 32.8 Å². The summed E-state index contributed by atoms with van der Waals surface area (Å²) in [5.74, 6) is -1.22. The highest BCUT2D eigenvalue weighted by Crippen LogP contribution is 2.11. The number of hydrogen-bond acceptors (Lipinski definition) is 2. The Morgan fingerprint density at radius 1 is 1.35 bits per heavy atom. The summed E-state index contributed by atoms with van der Waals surface area (Å²) in [6.07, 6.45) is 3.29. The Bertz CT molecular complexity index is 493. The van der Waals surface area contributed by atoms with Gasteiger partial charge in [-0.05, 0) is 39.3 Å². The van der Waals surface area contributed by atoms with Gasteiger partial charge in [0.1, 0.15) is 17.2 Å². The van der Waals surface area contributed by atoms with Gasteiger partial charge in [0.25, 0.3) is 0 Å². The minimum atomic E-state index is -0.610. The first kappa shape index (κ1) is 16.1. The topological polar surface area (TPSA) is 38.3 Å². The van der Waals surface area contributed by atoms with Crippen molar-refractivity contribution in [2.24, 2.45) is 0 Å². The van der Waals surface area contributed by atoms with Crippen molar-refractivity contribution in [3.63, 3.8) is 0 Å². The van der Waals surface area contributed by atoms with Crippen LogP contribution < -0.4 is 5.32 Å². The molecule has 110 valence electrons. The zero-order valence-corrected chi connectivity index (χ0v) is 11.9. The first-order chi connectivity index (χ1) is 9.28. The lowest BCUT2D eigenvalue weighted by molar-refractivity contribution is 0.0529. The lowest BCUT2D eigenvalue weighted by Crippen LogP contribution is -2.32. The summed E-state index contributed by atoms with van der Waals surface area (Å²) >= 11 is 0. The van der Waals surface area contributed by atoms with Crippen LogP contribution in [0, 0.1) is 11.6 Å². The number of amides is 1. The van der Waals surface area contributed by atoms with E-state index in [4.69, 9.17) is 4.74 Å². The van der Waals surface area contributed by atoms with Gasteiger partial charge >= 0.3 is 6.09 Å². The third kappa shape index (κ3) is 6.31. The van der Waals surface area contributed by atoms with Crippen LogP contribution in [0.25, 0.3) is 6.08 Å². The molecule has 0 aliphatic carbocycles. The fraction of sp³-hybridized carbons (Fsp3) is 0.400. The van der Waals surface area contributed by atoms with E-state index in [1.807, 2.05) is 0 Å². The lowest BCUT2D eigenvalue weighted by atomic mass is 10.2. The van der Waals surface area contributed by atoms with Crippen LogP contribution in [0.15, 0.2) is 24.3 Å². The maximum Gasteiger partial charge on any atom is 0.407 e. The van der Waals surface area contributed by atoms with E-state index in [1.54, 1.807) is 32.9 Å². The summed E-state index contributed by atoms with van der Waals surface area (Å²) in [5.41, 5.74) is -0.222. The molecule has 0 spiro atoms. The highest BCUT2D eigenvalue weighted by molar-refractivity contribution is 5.67. The van der Waals surface area contributed by atoms with Crippen LogP contribution in [-0.4, -0.2) is 18.2 Å². The maximum absolute atomic E-state index is 13.3. The molecule has 0 radical (unpaired) electrons. The van der Waals surface area contributed by atoms with E-state index in [9.17, 15) is 13.6 Å². The average Bonchev–Trinajstić information content (AvgIpc) is 2.28. The summed E-state index contributed by atoms with van der Waals surface area (Å²) in [7, 11) is 0. The first-order valence-electron chi connectivity index (χ1n) is 6.36. The van der Waals surface area contributed by atoms with E-state index in [0.717, 1.165) is 6.07 Å². The summed E-state index contributed by atoms with van der Waals surface area (Å²) in [6, 6.07) is 3.39. The molecular formula is C15H19F2NO2. The summed E-state index contributed by atoms with van der Waals surface area (Å²) in [5, 5.41) is 2.58. The van der Waals surface area contributed by atoms with Crippen molar-refractivity contribution < 1.29 is 18.3 Å². The molecule has 1 rings (SSSR count). The van der Waals surface area contributed by atoms with Crippen molar-refractivity contribution in [3.8, 4) is 0 Å². The molecule has 0 saturated carbocycles. The van der Waals surface area contributed by atoms with Crippen molar-refractivity contribution in [3.05, 3.63) is 41.5 Å². The zero-order chi connectivity index (χ0) is 15.2. The smallest absolute Gasteiger partial charge is 0.407 e. The molecule has 1 amide bonds. The summed E-state index contributed by atoms with van der Waals surface area (Å²) < 4.78 is 31.0. The highest BCUT2D eigenvalue weighted by Gasteiger charge is 2.15. The molecule has 0 bridgehead atoms. The Hall–Kier alpha value is -1.91. The first-order valence-corrected chi connectivity index (χ1v) is 6.36. The molecule has 0 aliphatic rings. The normalized spacial score (nSPS) is 11.7. The Labute approximate surface area is 117 Å². The lowest BCUT2D eigenvalue weighted by Gasteiger charge is -2.19. The Morgan fingerprint density at radius 2 is 2.05 bits per heavy atom. The molecule has 0 unspecified atom stereocenters. The van der Waals surface area contributed by atoms with Gasteiger partial charge in [0.15, 0.2) is 0 Å². The molecule has 0 aromatic heterocycles. The van der Waals surface area contributed by atoms with Gasteiger partial charge in [-0.25, -0.2) is 13.6 Å². The largest absolute Gasteiger partial charge is 0.444 e. The number of benzene rings is 1. The Morgan fingerprint density at radius 3 is 2.65 bits per heavy atom. The van der Waals surface area contributed by atoms with E-state index in [1.165, 1.54) is 12.1 Å². The number of rotatable bonds is 4. The number of ether oxygens (including phenoxy) is 1. The second-order valence-corrected chi connectivity index (χ2v) is 5.29. The van der Waals surface area contributed by atoms with Gasteiger partial charge in [0.05, 0.1) is 0 Å². The number of alkyl carbamates (subject to hydrolysis) is 1. The van der Waals surface area contributed by atoms with Crippen LogP contribution in [0.1, 0.15) is 32.8 Å². The molecule has 0 aliphatic heterocycles. The Balaban J connectivity index is 2.34. The molecule has 20 heavy (non-hydrogen) atoms. The number of carbonyl (C=O) groups excluding carboxylic acids is 1. The van der Waals surface area contributed by atoms with Gasteiger partial charge in [-0.2, -0.15) is 0 Å². The van der Waals surface area contributed by atoms with Gasteiger partial charge in [-0.1, -0.05) is 12.2 Å². The number of nitrogens with one attached hydrogen (secondary N) is 1. The van der Waals surface area contributed by atoms with E-state index in [-0.39, 0.29) is 0 Å². The third-order valence-corrected chi connectivity index (χ3v) is 2.24. The van der Waals surface area contributed by atoms with Crippen molar-refractivity contribution in [1.82, 2.24) is 5.32 Å². The van der Waals surface area contributed by atoms with Crippen LogP contribution >= 0.6 is 0 Å². The van der Waals surface area contributed by atoms with Crippen LogP contribution in [0.4, 0.5) is 13.6 Å². The molecule has 3 nitrogen and oxygen atoms in total. The van der Waals surface area contributed by atoms with E-state index < -0.39 is 23.3 Å². The summed E-state index contributed by atoms with van der Waals surface area (Å²) in [6.45, 7) is 5.73. The second-order valence-electron chi connectivity index (χ2n) is 5.29. The van der Waals surface area contributed by atoms with Gasteiger partial charge in [-0.3, -0.25) is 0 Å². The number of carbonyl (C=O) groups is 1. The van der Waals surface area contributed by atoms with Crippen molar-refractivity contribution in [2.75, 3.05) is 6.54 Å². The standard InChI is InChI=1S/C15H19F2NO2/c1-15(2,3)20-14(19)18-9-5-4-6-11-7-8-12(16)10-13(11)17/h4,6-8,10H,5,9H2,1-3H3,(H,18,19). The van der Waals surface area contributed by atoms with Gasteiger partial charge in [0.2, 0.25) is 0 Å². The molecule has 1 aromatic rings. The van der Waals surface area contributed by atoms with Crippen molar-refractivity contribution in [1.29, 1.82) is 0 Å². The Kier molecular flexibility index (Phi) is 5.67. The molecule has 0 heterocycles. The fourth-order valence-electron chi connectivity index (χ4n) is 1.42. The van der Waals surface area contributed by atoms with Crippen LogP contribution in [0.5, 0.6) is 0 Å². The SMILES string of the molecule is CC(C)(C)OC(=O)NCCC=Cc1ccc(F)cc1F. The van der Waals surface area contributed by atoms with Crippen LogP contribution in [0.3, 0.4) is 0 Å². The monoisotopic (exact) mass is 283 g/mol. The maximum atomic E-state index is 13.3. The molecule has 0 atom stereocenters.